The number of methoxy groups -OCH3 is 1. The van der Waals surface area contributed by atoms with E-state index in [0.717, 1.165) is 12.8 Å². The van der Waals surface area contributed by atoms with Crippen LogP contribution in [0.15, 0.2) is 0 Å². The van der Waals surface area contributed by atoms with E-state index in [2.05, 4.69) is 4.72 Å². The van der Waals surface area contributed by atoms with E-state index >= 15 is 0 Å². The van der Waals surface area contributed by atoms with Crippen molar-refractivity contribution in [3.05, 3.63) is 0 Å². The van der Waals surface area contributed by atoms with Crippen LogP contribution in [0, 0.1) is 11.3 Å². The molecule has 1 aliphatic rings. The smallest absolute Gasteiger partial charge is 0.228 e. The van der Waals surface area contributed by atoms with Crippen LogP contribution < -0.4 is 4.72 Å². The topological polar surface area (TPSA) is 79.2 Å². The molecule has 0 spiro atoms. The Balaban J connectivity index is 2.58. The van der Waals surface area contributed by atoms with Gasteiger partial charge in [0, 0.05) is 13.2 Å². The fraction of sp³-hybridized carbons (Fsp3) is 0.900. The lowest BCUT2D eigenvalue weighted by molar-refractivity contribution is 0.107. The third-order valence-electron chi connectivity index (χ3n) is 2.94. The summed E-state index contributed by atoms with van der Waals surface area (Å²) in [6.07, 6.45) is 2.78. The van der Waals surface area contributed by atoms with Crippen LogP contribution in [0.4, 0.5) is 0 Å². The first kappa shape index (κ1) is 13.4. The Bertz CT molecular complexity index is 361. The number of sulfonamides is 1. The van der Waals surface area contributed by atoms with Gasteiger partial charge in [-0.25, -0.2) is 13.1 Å². The summed E-state index contributed by atoms with van der Waals surface area (Å²) in [6, 6.07) is 1.72. The quantitative estimate of drug-likeness (QED) is 0.777. The SMILES string of the molecule is CCC(C#N)S(=O)(=O)NC1CCC(OC)C1. The van der Waals surface area contributed by atoms with Gasteiger partial charge in [0.15, 0.2) is 5.25 Å². The molecule has 16 heavy (non-hydrogen) atoms. The lowest BCUT2D eigenvalue weighted by Crippen LogP contribution is -2.39. The maximum Gasteiger partial charge on any atom is 0.228 e. The standard InChI is InChI=1S/C10H18N2O3S/c1-3-10(7-11)16(13,14)12-8-4-5-9(6-8)15-2/h8-10,12H,3-6H2,1-2H3. The van der Waals surface area contributed by atoms with Gasteiger partial charge in [-0.15, -0.1) is 0 Å². The number of rotatable bonds is 5. The van der Waals surface area contributed by atoms with E-state index in [9.17, 15) is 8.42 Å². The van der Waals surface area contributed by atoms with Crippen molar-refractivity contribution in [2.75, 3.05) is 7.11 Å². The first-order chi connectivity index (χ1) is 7.53. The fourth-order valence-electron chi connectivity index (χ4n) is 1.96. The van der Waals surface area contributed by atoms with Gasteiger partial charge in [-0.05, 0) is 25.7 Å². The normalized spacial score (nSPS) is 27.6. The molecule has 0 aromatic carbocycles. The largest absolute Gasteiger partial charge is 0.381 e. The Hall–Kier alpha value is -0.640. The maximum atomic E-state index is 11.8. The van der Waals surface area contributed by atoms with Crippen molar-refractivity contribution in [3.8, 4) is 6.07 Å². The third-order valence-corrected chi connectivity index (χ3v) is 4.79. The lowest BCUT2D eigenvalue weighted by atomic mass is 10.3. The highest BCUT2D eigenvalue weighted by atomic mass is 32.2. The molecule has 0 amide bonds. The Morgan fingerprint density at radius 1 is 1.56 bits per heavy atom. The van der Waals surface area contributed by atoms with Gasteiger partial charge in [0.2, 0.25) is 10.0 Å². The number of hydrogen-bond donors (Lipinski definition) is 1. The van der Waals surface area contributed by atoms with Crippen molar-refractivity contribution in [1.29, 1.82) is 5.26 Å². The average Bonchev–Trinajstić information content (AvgIpc) is 2.66. The highest BCUT2D eigenvalue weighted by molar-refractivity contribution is 7.90. The number of nitrogens with zero attached hydrogens (tertiary/aromatic N) is 1. The second-order valence-electron chi connectivity index (χ2n) is 4.06. The molecule has 92 valence electrons. The summed E-state index contributed by atoms with van der Waals surface area (Å²) in [7, 11) is -1.87. The van der Waals surface area contributed by atoms with Gasteiger partial charge in [0.1, 0.15) is 0 Å². The van der Waals surface area contributed by atoms with E-state index in [1.54, 1.807) is 14.0 Å². The van der Waals surface area contributed by atoms with E-state index in [0.29, 0.717) is 12.8 Å². The van der Waals surface area contributed by atoms with Crippen LogP contribution in [0.5, 0.6) is 0 Å². The minimum absolute atomic E-state index is 0.0858. The van der Waals surface area contributed by atoms with Gasteiger partial charge in [0.05, 0.1) is 12.2 Å². The zero-order chi connectivity index (χ0) is 12.2. The molecule has 0 radical (unpaired) electrons. The minimum atomic E-state index is -3.50. The van der Waals surface area contributed by atoms with Crippen LogP contribution in [0.3, 0.4) is 0 Å². The molecule has 0 saturated heterocycles. The number of hydrogen-bond acceptors (Lipinski definition) is 4. The van der Waals surface area contributed by atoms with Crippen molar-refractivity contribution in [2.24, 2.45) is 0 Å². The molecule has 1 saturated carbocycles. The summed E-state index contributed by atoms with van der Waals surface area (Å²) in [5.41, 5.74) is 0. The molecule has 5 nitrogen and oxygen atoms in total. The van der Waals surface area contributed by atoms with Gasteiger partial charge in [-0.3, -0.25) is 0 Å². The summed E-state index contributed by atoms with van der Waals surface area (Å²) in [5.74, 6) is 0. The van der Waals surface area contributed by atoms with Crippen molar-refractivity contribution in [1.82, 2.24) is 4.72 Å². The Labute approximate surface area is 96.8 Å². The predicted octanol–water partition coefficient (Wildman–Crippen LogP) is 0.775. The zero-order valence-corrected chi connectivity index (χ0v) is 10.5. The summed E-state index contributed by atoms with van der Waals surface area (Å²) in [5, 5.41) is 7.79. The number of nitrogens with one attached hydrogen (secondary N) is 1. The molecule has 6 heteroatoms. The van der Waals surface area contributed by atoms with Crippen LogP contribution in [-0.4, -0.2) is 32.9 Å². The maximum absolute atomic E-state index is 11.8. The molecule has 1 rings (SSSR count). The van der Waals surface area contributed by atoms with Crippen molar-refractivity contribution >= 4 is 10.0 Å². The lowest BCUT2D eigenvalue weighted by Gasteiger charge is -2.15. The van der Waals surface area contributed by atoms with E-state index in [1.165, 1.54) is 0 Å². The summed E-state index contributed by atoms with van der Waals surface area (Å²) < 4.78 is 31.3. The van der Waals surface area contributed by atoms with Gasteiger partial charge in [-0.2, -0.15) is 5.26 Å². The van der Waals surface area contributed by atoms with E-state index < -0.39 is 15.3 Å². The van der Waals surface area contributed by atoms with Crippen molar-refractivity contribution in [2.45, 2.75) is 50.0 Å². The summed E-state index contributed by atoms with van der Waals surface area (Å²) >= 11 is 0. The monoisotopic (exact) mass is 246 g/mol. The molecule has 1 N–H and O–H groups in total. The highest BCUT2D eigenvalue weighted by Crippen LogP contribution is 2.22. The van der Waals surface area contributed by atoms with Gasteiger partial charge < -0.3 is 4.74 Å². The van der Waals surface area contributed by atoms with Crippen LogP contribution in [0.25, 0.3) is 0 Å². The van der Waals surface area contributed by atoms with E-state index in [-0.39, 0.29) is 12.1 Å². The molecule has 0 aliphatic heterocycles. The highest BCUT2D eigenvalue weighted by Gasteiger charge is 2.31. The zero-order valence-electron chi connectivity index (χ0n) is 9.64. The average molecular weight is 246 g/mol. The molecular formula is C10H18N2O3S. The van der Waals surface area contributed by atoms with E-state index in [4.69, 9.17) is 10.00 Å². The molecule has 0 aromatic heterocycles. The van der Waals surface area contributed by atoms with Gasteiger partial charge in [-0.1, -0.05) is 6.92 Å². The molecular weight excluding hydrogens is 228 g/mol. The molecule has 3 unspecified atom stereocenters. The van der Waals surface area contributed by atoms with Gasteiger partial charge in [0.25, 0.3) is 0 Å². The van der Waals surface area contributed by atoms with E-state index in [1.807, 2.05) is 6.07 Å². The van der Waals surface area contributed by atoms with Crippen LogP contribution in [0.2, 0.25) is 0 Å². The number of ether oxygens (including phenoxy) is 1. The van der Waals surface area contributed by atoms with Gasteiger partial charge >= 0.3 is 0 Å². The minimum Gasteiger partial charge on any atom is -0.381 e. The molecule has 0 aromatic rings. The molecule has 0 bridgehead atoms. The Morgan fingerprint density at radius 3 is 2.69 bits per heavy atom. The number of nitriles is 1. The summed E-state index contributed by atoms with van der Waals surface area (Å²) in [6.45, 7) is 1.69. The van der Waals surface area contributed by atoms with Crippen molar-refractivity contribution < 1.29 is 13.2 Å². The molecule has 0 heterocycles. The second kappa shape index (κ2) is 5.62. The molecule has 3 atom stereocenters. The predicted molar refractivity (Wildman–Crippen MR) is 60.2 cm³/mol. The first-order valence-electron chi connectivity index (χ1n) is 5.47. The molecule has 1 fully saturated rings. The molecule has 1 aliphatic carbocycles. The summed E-state index contributed by atoms with van der Waals surface area (Å²) in [4.78, 5) is 0. The van der Waals surface area contributed by atoms with Crippen LogP contribution >= 0.6 is 0 Å². The van der Waals surface area contributed by atoms with Crippen LogP contribution in [0.1, 0.15) is 32.6 Å². The third kappa shape index (κ3) is 3.17. The second-order valence-corrected chi connectivity index (χ2v) is 5.95. The Kier molecular flexibility index (Phi) is 4.71. The Morgan fingerprint density at radius 2 is 2.25 bits per heavy atom. The van der Waals surface area contributed by atoms with Crippen LogP contribution in [-0.2, 0) is 14.8 Å². The van der Waals surface area contributed by atoms with Crippen molar-refractivity contribution in [3.63, 3.8) is 0 Å². The fourth-order valence-corrected chi connectivity index (χ4v) is 3.38. The first-order valence-corrected chi connectivity index (χ1v) is 7.01.